The van der Waals surface area contributed by atoms with E-state index in [9.17, 15) is 27.5 Å². The van der Waals surface area contributed by atoms with E-state index in [-0.39, 0.29) is 11.4 Å². The molecule has 1 atom stereocenters. The van der Waals surface area contributed by atoms with Gasteiger partial charge >= 0.3 is 12.1 Å². The maximum absolute atomic E-state index is 13.5. The largest absolute Gasteiger partial charge is 0.490 e. The van der Waals surface area contributed by atoms with Crippen LogP contribution in [0.4, 0.5) is 28.9 Å². The monoisotopic (exact) mass is 637 g/mol. The number of carbonyl (C=O) groups is 2. The third kappa shape index (κ3) is 8.25. The Bertz CT molecular complexity index is 1810. The number of alkyl halides is 3. The van der Waals surface area contributed by atoms with Gasteiger partial charge in [0.1, 0.15) is 11.5 Å². The standard InChI is InChI=1S/C31H30FN5O2.C2HF3O2/c1-2-23-21(16-34-18-28(38)20-7-4-3-5-8-20)9-6-10-26(23)36-29-24-15-27(19-11-13-22(32)14-12-19)37-31(24)35-17-25(29)30(33)39;3-2(4,5)1(6)7/h3-15,17,28,34,38H,2,16,18H2,1H3,(H2,33,39)(H2,35,36,37);(H,6,7). The van der Waals surface area contributed by atoms with Crippen molar-refractivity contribution < 1.29 is 37.4 Å². The predicted molar refractivity (Wildman–Crippen MR) is 166 cm³/mol. The molecule has 0 fully saturated rings. The molecule has 0 aliphatic rings. The fourth-order valence-electron chi connectivity index (χ4n) is 4.79. The van der Waals surface area contributed by atoms with Crippen molar-refractivity contribution in [1.82, 2.24) is 15.3 Å². The van der Waals surface area contributed by atoms with Crippen molar-refractivity contribution in [3.05, 3.63) is 113 Å². The maximum atomic E-state index is 13.5. The number of carboxylic acids is 1. The number of aromatic nitrogens is 2. The normalized spacial score (nSPS) is 11.9. The average molecular weight is 638 g/mol. The summed E-state index contributed by atoms with van der Waals surface area (Å²) in [7, 11) is 0. The number of rotatable bonds is 10. The van der Waals surface area contributed by atoms with Crippen molar-refractivity contribution in [2.45, 2.75) is 32.2 Å². The Morgan fingerprint density at radius 1 is 1.02 bits per heavy atom. The number of H-pyrrole nitrogens is 1. The van der Waals surface area contributed by atoms with E-state index in [0.29, 0.717) is 29.8 Å². The summed E-state index contributed by atoms with van der Waals surface area (Å²) in [5.74, 6) is -3.67. The van der Waals surface area contributed by atoms with E-state index in [1.54, 1.807) is 12.1 Å². The van der Waals surface area contributed by atoms with Crippen LogP contribution in [0.5, 0.6) is 0 Å². The van der Waals surface area contributed by atoms with Crippen molar-refractivity contribution in [3.8, 4) is 11.3 Å². The highest BCUT2D eigenvalue weighted by Crippen LogP contribution is 2.34. The van der Waals surface area contributed by atoms with Gasteiger partial charge in [-0.2, -0.15) is 13.2 Å². The predicted octanol–water partition coefficient (Wildman–Crippen LogP) is 6.23. The highest BCUT2D eigenvalue weighted by atomic mass is 19.4. The highest BCUT2D eigenvalue weighted by molar-refractivity contribution is 6.08. The SMILES string of the molecule is CCc1c(CNCC(O)c2ccccc2)cccc1Nc1c(C(N)=O)cnc2[nH]c(-c3ccc(F)cc3)cc12.O=C(O)C(F)(F)F. The third-order valence-corrected chi connectivity index (χ3v) is 7.05. The van der Waals surface area contributed by atoms with Gasteiger partial charge in [-0.25, -0.2) is 14.2 Å². The zero-order chi connectivity index (χ0) is 33.4. The number of hydrogen-bond donors (Lipinski definition) is 6. The summed E-state index contributed by atoms with van der Waals surface area (Å²) in [5, 5.41) is 25.1. The third-order valence-electron chi connectivity index (χ3n) is 7.05. The molecular formula is C33H31F4N5O4. The number of pyridine rings is 1. The molecule has 13 heteroatoms. The summed E-state index contributed by atoms with van der Waals surface area (Å²) in [6, 6.07) is 23.6. The lowest BCUT2D eigenvalue weighted by Gasteiger charge is -2.18. The smallest absolute Gasteiger partial charge is 0.475 e. The zero-order valence-corrected chi connectivity index (χ0v) is 24.5. The molecule has 2 aromatic heterocycles. The van der Waals surface area contributed by atoms with Gasteiger partial charge in [0, 0.05) is 36.1 Å². The van der Waals surface area contributed by atoms with Crippen LogP contribution in [0.25, 0.3) is 22.3 Å². The molecule has 0 saturated heterocycles. The number of anilines is 2. The van der Waals surface area contributed by atoms with Crippen molar-refractivity contribution in [2.24, 2.45) is 5.73 Å². The number of aliphatic hydroxyl groups is 1. The van der Waals surface area contributed by atoms with Crippen molar-refractivity contribution >= 4 is 34.3 Å². The van der Waals surface area contributed by atoms with Crippen LogP contribution >= 0.6 is 0 Å². The van der Waals surface area contributed by atoms with Crippen LogP contribution < -0.4 is 16.4 Å². The minimum Gasteiger partial charge on any atom is -0.475 e. The molecule has 3 aromatic carbocycles. The van der Waals surface area contributed by atoms with Crippen molar-refractivity contribution in [3.63, 3.8) is 0 Å². The molecule has 9 nitrogen and oxygen atoms in total. The summed E-state index contributed by atoms with van der Waals surface area (Å²) < 4.78 is 45.2. The Kier molecular flexibility index (Phi) is 10.7. The second-order valence-electron chi connectivity index (χ2n) is 10.1. The summed E-state index contributed by atoms with van der Waals surface area (Å²) in [6.45, 7) is 3.05. The Morgan fingerprint density at radius 3 is 2.30 bits per heavy atom. The van der Waals surface area contributed by atoms with Gasteiger partial charge in [-0.05, 0) is 65.1 Å². The molecule has 0 spiro atoms. The van der Waals surface area contributed by atoms with Crippen LogP contribution in [0.3, 0.4) is 0 Å². The molecule has 1 unspecified atom stereocenters. The Labute approximate surface area is 261 Å². The van der Waals surface area contributed by atoms with E-state index in [0.717, 1.165) is 40.1 Å². The van der Waals surface area contributed by atoms with Crippen LogP contribution in [0.15, 0.2) is 85.1 Å². The average Bonchev–Trinajstić information content (AvgIpc) is 3.47. The summed E-state index contributed by atoms with van der Waals surface area (Å²) >= 11 is 0. The van der Waals surface area contributed by atoms with Crippen LogP contribution in [0.2, 0.25) is 0 Å². The summed E-state index contributed by atoms with van der Waals surface area (Å²) in [4.78, 5) is 28.9. The number of carbonyl (C=O) groups excluding carboxylic acids is 1. The van der Waals surface area contributed by atoms with Gasteiger partial charge in [0.05, 0.1) is 17.4 Å². The molecule has 46 heavy (non-hydrogen) atoms. The maximum Gasteiger partial charge on any atom is 0.490 e. The van der Waals surface area contributed by atoms with E-state index in [4.69, 9.17) is 15.6 Å². The van der Waals surface area contributed by atoms with Gasteiger partial charge in [0.25, 0.3) is 5.91 Å². The molecule has 0 aliphatic heterocycles. The highest BCUT2D eigenvalue weighted by Gasteiger charge is 2.38. The van der Waals surface area contributed by atoms with E-state index >= 15 is 0 Å². The molecular weight excluding hydrogens is 606 g/mol. The molecule has 0 bridgehead atoms. The second-order valence-corrected chi connectivity index (χ2v) is 10.1. The van der Waals surface area contributed by atoms with Crippen molar-refractivity contribution in [2.75, 3.05) is 11.9 Å². The Morgan fingerprint density at radius 2 is 1.70 bits per heavy atom. The number of halogens is 4. The molecule has 1 amide bonds. The molecule has 0 aliphatic carbocycles. The van der Waals surface area contributed by atoms with E-state index in [1.165, 1.54) is 18.3 Å². The molecule has 2 heterocycles. The lowest BCUT2D eigenvalue weighted by molar-refractivity contribution is -0.192. The molecule has 5 aromatic rings. The van der Waals surface area contributed by atoms with E-state index in [2.05, 4.69) is 27.5 Å². The summed E-state index contributed by atoms with van der Waals surface area (Å²) in [6.07, 6.45) is -3.49. The van der Waals surface area contributed by atoms with E-state index < -0.39 is 24.2 Å². The first-order chi connectivity index (χ1) is 21.9. The summed E-state index contributed by atoms with van der Waals surface area (Å²) in [5.41, 5.74) is 12.5. The fourth-order valence-corrected chi connectivity index (χ4v) is 4.79. The first-order valence-corrected chi connectivity index (χ1v) is 14.1. The van der Waals surface area contributed by atoms with Gasteiger partial charge in [-0.3, -0.25) is 4.79 Å². The number of aliphatic carboxylic acids is 1. The number of nitrogens with one attached hydrogen (secondary N) is 3. The molecule has 0 saturated carbocycles. The topological polar surface area (TPSA) is 153 Å². The number of nitrogens with two attached hydrogens (primary N) is 1. The van der Waals surface area contributed by atoms with Gasteiger partial charge < -0.3 is 31.6 Å². The Balaban J connectivity index is 0.000000617. The molecule has 240 valence electrons. The fraction of sp³-hybridized carbons (Fsp3) is 0.182. The quantitative estimate of drug-likeness (QED) is 0.0993. The minimum absolute atomic E-state index is 0.267. The number of aliphatic hydroxyl groups excluding tert-OH is 1. The van der Waals surface area contributed by atoms with Crippen molar-refractivity contribution in [1.29, 1.82) is 0 Å². The lowest BCUT2D eigenvalue weighted by Crippen LogP contribution is -2.22. The number of aromatic amines is 1. The molecule has 5 rings (SSSR count). The van der Waals surface area contributed by atoms with Gasteiger partial charge in [-0.15, -0.1) is 0 Å². The van der Waals surface area contributed by atoms with Gasteiger partial charge in [0.2, 0.25) is 0 Å². The van der Waals surface area contributed by atoms with Gasteiger partial charge in [0.15, 0.2) is 0 Å². The number of nitrogens with zero attached hydrogens (tertiary/aromatic N) is 1. The Hall–Kier alpha value is -5.27. The van der Waals surface area contributed by atoms with Crippen LogP contribution in [-0.4, -0.2) is 44.8 Å². The zero-order valence-electron chi connectivity index (χ0n) is 24.5. The van der Waals surface area contributed by atoms with Crippen LogP contribution in [0, 0.1) is 5.82 Å². The number of fused-ring (bicyclic) bond motifs is 1. The first kappa shape index (κ1) is 33.6. The van der Waals surface area contributed by atoms with Crippen LogP contribution in [-0.2, 0) is 17.8 Å². The molecule has 0 radical (unpaired) electrons. The van der Waals surface area contributed by atoms with Crippen LogP contribution in [0.1, 0.15) is 40.1 Å². The number of primary amides is 1. The first-order valence-electron chi connectivity index (χ1n) is 14.1. The second kappa shape index (κ2) is 14.7. The van der Waals surface area contributed by atoms with Gasteiger partial charge in [-0.1, -0.05) is 49.4 Å². The number of benzene rings is 3. The lowest BCUT2D eigenvalue weighted by atomic mass is 10.0. The van der Waals surface area contributed by atoms with E-state index in [1.807, 2.05) is 54.6 Å². The molecule has 7 N–H and O–H groups in total. The minimum atomic E-state index is -5.08. The number of hydrogen-bond acceptors (Lipinski definition) is 6. The number of amides is 1. The number of carboxylic acid groups (broad SMARTS) is 1.